The summed E-state index contributed by atoms with van der Waals surface area (Å²) in [6, 6.07) is 5.35. The second-order valence-electron chi connectivity index (χ2n) is 2.13. The Kier molecular flexibility index (Phi) is 2.30. The first-order chi connectivity index (χ1) is 5.49. The van der Waals surface area contributed by atoms with E-state index in [2.05, 4.69) is 5.14 Å². The molecule has 4 nitrogen and oxygen atoms in total. The molecule has 0 atom stereocenters. The van der Waals surface area contributed by atoms with Crippen LogP contribution < -0.4 is 9.86 Å². The minimum atomic E-state index is -3.89. The highest BCUT2D eigenvalue weighted by atomic mass is 32.2. The molecule has 1 rings (SSSR count). The number of halogens is 1. The number of benzene rings is 1. The molecule has 0 radical (unpaired) electrons. The van der Waals surface area contributed by atoms with E-state index in [0.29, 0.717) is 0 Å². The molecule has 0 spiro atoms. The summed E-state index contributed by atoms with van der Waals surface area (Å²) in [7, 11) is -3.89. The summed E-state index contributed by atoms with van der Waals surface area (Å²) in [5.74, 6) is -0.661. The normalized spacial score (nSPS) is 11.2. The zero-order valence-corrected chi connectivity index (χ0v) is 6.81. The molecule has 0 saturated heterocycles. The standard InChI is InChI=1S/C6H7FN2O2S/c7-5-3-1-2-4-6(5)9-12(8,10)11/h1-4,9H,(H2,8,10,11). The average molecular weight is 190 g/mol. The van der Waals surface area contributed by atoms with Gasteiger partial charge in [-0.05, 0) is 12.1 Å². The Morgan fingerprint density at radius 3 is 2.42 bits per heavy atom. The lowest BCUT2D eigenvalue weighted by Crippen LogP contribution is -2.22. The van der Waals surface area contributed by atoms with Crippen LogP contribution in [-0.4, -0.2) is 8.42 Å². The van der Waals surface area contributed by atoms with Gasteiger partial charge in [0.2, 0.25) is 0 Å². The average Bonchev–Trinajstić information content (AvgIpc) is 1.91. The first-order valence-corrected chi connectivity index (χ1v) is 4.59. The molecule has 1 aromatic rings. The van der Waals surface area contributed by atoms with E-state index in [9.17, 15) is 12.8 Å². The van der Waals surface area contributed by atoms with E-state index in [-0.39, 0.29) is 5.69 Å². The Hall–Kier alpha value is -1.14. The number of rotatable bonds is 2. The number of para-hydroxylation sites is 1. The van der Waals surface area contributed by atoms with Crippen LogP contribution in [-0.2, 0) is 10.2 Å². The van der Waals surface area contributed by atoms with Crippen LogP contribution in [0.1, 0.15) is 0 Å². The second kappa shape index (κ2) is 3.08. The largest absolute Gasteiger partial charge is 0.296 e. The van der Waals surface area contributed by atoms with Crippen LogP contribution in [0.15, 0.2) is 24.3 Å². The Bertz CT molecular complexity index is 377. The van der Waals surface area contributed by atoms with Crippen molar-refractivity contribution >= 4 is 15.9 Å². The third-order valence-corrected chi connectivity index (χ3v) is 1.63. The fraction of sp³-hybridized carbons (Fsp3) is 0. The molecular weight excluding hydrogens is 183 g/mol. The fourth-order valence-electron chi connectivity index (χ4n) is 0.697. The van der Waals surface area contributed by atoms with Crippen LogP contribution in [0.4, 0.5) is 10.1 Å². The van der Waals surface area contributed by atoms with Gasteiger partial charge in [-0.25, -0.2) is 9.53 Å². The predicted molar refractivity (Wildman–Crippen MR) is 43.1 cm³/mol. The zero-order valence-electron chi connectivity index (χ0n) is 5.99. The minimum Gasteiger partial charge on any atom is -0.268 e. The van der Waals surface area contributed by atoms with Crippen molar-refractivity contribution in [3.05, 3.63) is 30.1 Å². The summed E-state index contributed by atoms with van der Waals surface area (Å²) in [5.41, 5.74) is -0.153. The van der Waals surface area contributed by atoms with Gasteiger partial charge >= 0.3 is 0 Å². The highest BCUT2D eigenvalue weighted by Gasteiger charge is 2.05. The molecule has 0 saturated carbocycles. The smallest absolute Gasteiger partial charge is 0.268 e. The van der Waals surface area contributed by atoms with Crippen molar-refractivity contribution in [3.63, 3.8) is 0 Å². The van der Waals surface area contributed by atoms with Crippen molar-refractivity contribution in [1.82, 2.24) is 0 Å². The van der Waals surface area contributed by atoms with Gasteiger partial charge in [-0.3, -0.25) is 4.72 Å². The first-order valence-electron chi connectivity index (χ1n) is 3.04. The van der Waals surface area contributed by atoms with Gasteiger partial charge in [0.05, 0.1) is 5.69 Å². The van der Waals surface area contributed by atoms with Gasteiger partial charge in [0.15, 0.2) is 0 Å². The Morgan fingerprint density at radius 1 is 1.33 bits per heavy atom. The quantitative estimate of drug-likeness (QED) is 0.710. The molecule has 0 bridgehead atoms. The molecule has 1 aromatic carbocycles. The van der Waals surface area contributed by atoms with Crippen molar-refractivity contribution in [3.8, 4) is 0 Å². The molecule has 66 valence electrons. The first kappa shape index (κ1) is 8.95. The number of hydrogen-bond acceptors (Lipinski definition) is 2. The molecule has 0 heterocycles. The third kappa shape index (κ3) is 2.48. The maximum absolute atomic E-state index is 12.7. The van der Waals surface area contributed by atoms with Crippen LogP contribution in [0, 0.1) is 5.82 Å². The SMILES string of the molecule is NS(=O)(=O)Nc1ccccc1F. The van der Waals surface area contributed by atoms with E-state index in [1.807, 2.05) is 4.72 Å². The van der Waals surface area contributed by atoms with E-state index < -0.39 is 16.0 Å². The Labute approximate surface area is 69.4 Å². The summed E-state index contributed by atoms with van der Waals surface area (Å²) < 4.78 is 35.5. The summed E-state index contributed by atoms with van der Waals surface area (Å²) >= 11 is 0. The van der Waals surface area contributed by atoms with Gasteiger partial charge in [0, 0.05) is 0 Å². The van der Waals surface area contributed by atoms with E-state index in [0.717, 1.165) is 6.07 Å². The summed E-state index contributed by atoms with van der Waals surface area (Å²) in [6.07, 6.45) is 0. The Morgan fingerprint density at radius 2 is 1.92 bits per heavy atom. The van der Waals surface area contributed by atoms with Crippen LogP contribution in [0.2, 0.25) is 0 Å². The molecule has 0 aromatic heterocycles. The van der Waals surface area contributed by atoms with Crippen molar-refractivity contribution in [1.29, 1.82) is 0 Å². The lowest BCUT2D eigenvalue weighted by atomic mass is 10.3. The number of hydrogen-bond donors (Lipinski definition) is 2. The highest BCUT2D eigenvalue weighted by Crippen LogP contribution is 2.12. The molecule has 3 N–H and O–H groups in total. The zero-order chi connectivity index (χ0) is 9.19. The van der Waals surface area contributed by atoms with Crippen molar-refractivity contribution in [2.45, 2.75) is 0 Å². The maximum Gasteiger partial charge on any atom is 0.296 e. The summed E-state index contributed by atoms with van der Waals surface area (Å²) in [4.78, 5) is 0. The maximum atomic E-state index is 12.7. The third-order valence-electron chi connectivity index (χ3n) is 1.13. The molecule has 12 heavy (non-hydrogen) atoms. The van der Waals surface area contributed by atoms with Crippen LogP contribution in [0.3, 0.4) is 0 Å². The summed E-state index contributed by atoms with van der Waals surface area (Å²) in [6.45, 7) is 0. The molecule has 0 amide bonds. The van der Waals surface area contributed by atoms with Crippen molar-refractivity contribution < 1.29 is 12.8 Å². The molecule has 0 unspecified atom stereocenters. The van der Waals surface area contributed by atoms with Crippen molar-refractivity contribution in [2.75, 3.05) is 4.72 Å². The number of anilines is 1. The second-order valence-corrected chi connectivity index (χ2v) is 3.42. The Balaban J connectivity index is 2.98. The lowest BCUT2D eigenvalue weighted by molar-refractivity contribution is 0.600. The molecular formula is C6H7FN2O2S. The van der Waals surface area contributed by atoms with Gasteiger partial charge in [0.25, 0.3) is 10.2 Å². The minimum absolute atomic E-state index is 0.153. The van der Waals surface area contributed by atoms with E-state index >= 15 is 0 Å². The lowest BCUT2D eigenvalue weighted by Gasteiger charge is -2.02. The van der Waals surface area contributed by atoms with Gasteiger partial charge < -0.3 is 0 Å². The van der Waals surface area contributed by atoms with Gasteiger partial charge in [-0.15, -0.1) is 0 Å². The van der Waals surface area contributed by atoms with Crippen LogP contribution in [0.25, 0.3) is 0 Å². The van der Waals surface area contributed by atoms with Crippen LogP contribution >= 0.6 is 0 Å². The highest BCUT2D eigenvalue weighted by molar-refractivity contribution is 7.90. The summed E-state index contributed by atoms with van der Waals surface area (Å²) in [5, 5.41) is 4.63. The number of nitrogens with one attached hydrogen (secondary N) is 1. The molecule has 0 aliphatic heterocycles. The molecule has 0 aliphatic rings. The monoisotopic (exact) mass is 190 g/mol. The van der Waals surface area contributed by atoms with Crippen LogP contribution in [0.5, 0.6) is 0 Å². The van der Waals surface area contributed by atoms with Gasteiger partial charge in [-0.2, -0.15) is 8.42 Å². The van der Waals surface area contributed by atoms with Gasteiger partial charge in [0.1, 0.15) is 5.82 Å². The topological polar surface area (TPSA) is 72.2 Å². The predicted octanol–water partition coefficient (Wildman–Crippen LogP) is 0.441. The fourth-order valence-corrected chi connectivity index (χ4v) is 1.17. The number of nitrogens with two attached hydrogens (primary N) is 1. The van der Waals surface area contributed by atoms with E-state index in [4.69, 9.17) is 0 Å². The molecule has 6 heteroatoms. The molecule has 0 fully saturated rings. The van der Waals surface area contributed by atoms with Gasteiger partial charge in [-0.1, -0.05) is 12.1 Å². The van der Waals surface area contributed by atoms with Crippen molar-refractivity contribution in [2.24, 2.45) is 5.14 Å². The molecule has 0 aliphatic carbocycles. The van der Waals surface area contributed by atoms with E-state index in [1.165, 1.54) is 18.2 Å². The van der Waals surface area contributed by atoms with E-state index in [1.54, 1.807) is 0 Å².